The van der Waals surface area contributed by atoms with E-state index in [2.05, 4.69) is 6.07 Å². The second-order valence-electron chi connectivity index (χ2n) is 7.32. The SMILES string of the molecule is CC(C)(C)OC(=O)N1CCC2(CCC(=O)C(C#N)C2)CC1. The highest BCUT2D eigenvalue weighted by atomic mass is 16.6. The minimum absolute atomic E-state index is 0.0623. The molecule has 0 radical (unpaired) electrons. The number of rotatable bonds is 0. The Morgan fingerprint density at radius 1 is 1.33 bits per heavy atom. The Labute approximate surface area is 126 Å². The Morgan fingerprint density at radius 3 is 2.48 bits per heavy atom. The van der Waals surface area contributed by atoms with Crippen LogP contribution >= 0.6 is 0 Å². The Morgan fingerprint density at radius 2 is 1.95 bits per heavy atom. The zero-order valence-corrected chi connectivity index (χ0v) is 13.1. The van der Waals surface area contributed by atoms with E-state index < -0.39 is 11.5 Å². The van der Waals surface area contributed by atoms with Crippen LogP contribution in [0.3, 0.4) is 0 Å². The van der Waals surface area contributed by atoms with Crippen LogP contribution in [-0.2, 0) is 9.53 Å². The average molecular weight is 292 g/mol. The first kappa shape index (κ1) is 15.8. The van der Waals surface area contributed by atoms with E-state index in [-0.39, 0.29) is 17.3 Å². The van der Waals surface area contributed by atoms with E-state index >= 15 is 0 Å². The van der Waals surface area contributed by atoms with Crippen LogP contribution in [0, 0.1) is 22.7 Å². The summed E-state index contributed by atoms with van der Waals surface area (Å²) in [5.74, 6) is -0.371. The fourth-order valence-electron chi connectivity index (χ4n) is 3.27. The second kappa shape index (κ2) is 5.67. The molecule has 1 amide bonds. The standard InChI is InChI=1S/C16H24N2O3/c1-15(2,3)21-14(20)18-8-6-16(7-9-18)5-4-13(19)12(10-16)11-17/h12H,4-10H2,1-3H3. The predicted octanol–water partition coefficient (Wildman–Crippen LogP) is 2.90. The first-order valence-corrected chi connectivity index (χ1v) is 7.65. The van der Waals surface area contributed by atoms with Gasteiger partial charge < -0.3 is 9.64 Å². The number of piperidine rings is 1. The van der Waals surface area contributed by atoms with Gasteiger partial charge in [-0.3, -0.25) is 4.79 Å². The molecule has 0 bridgehead atoms. The number of nitriles is 1. The van der Waals surface area contributed by atoms with Crippen LogP contribution in [0.5, 0.6) is 0 Å². The molecule has 5 nitrogen and oxygen atoms in total. The smallest absolute Gasteiger partial charge is 0.410 e. The molecule has 0 aromatic heterocycles. The van der Waals surface area contributed by atoms with Crippen LogP contribution in [-0.4, -0.2) is 35.5 Å². The number of ether oxygens (including phenoxy) is 1. The number of amides is 1. The molecule has 2 fully saturated rings. The number of carbonyl (C=O) groups excluding carboxylic acids is 2. The second-order valence-corrected chi connectivity index (χ2v) is 7.32. The summed E-state index contributed by atoms with van der Waals surface area (Å²) < 4.78 is 5.39. The van der Waals surface area contributed by atoms with Crippen LogP contribution in [0.4, 0.5) is 4.79 Å². The zero-order chi connectivity index (χ0) is 15.7. The molecule has 0 N–H and O–H groups in total. The molecule has 1 aliphatic heterocycles. The number of hydrogen-bond donors (Lipinski definition) is 0. The van der Waals surface area contributed by atoms with Crippen molar-refractivity contribution in [2.45, 2.75) is 58.5 Å². The molecule has 0 aromatic carbocycles. The van der Waals surface area contributed by atoms with Crippen molar-refractivity contribution in [3.8, 4) is 6.07 Å². The van der Waals surface area contributed by atoms with Crippen molar-refractivity contribution in [2.75, 3.05) is 13.1 Å². The lowest BCUT2D eigenvalue weighted by atomic mass is 9.64. The Bertz CT molecular complexity index is 465. The number of ketones is 1. The van der Waals surface area contributed by atoms with Gasteiger partial charge in [-0.2, -0.15) is 5.26 Å². The Hall–Kier alpha value is -1.57. The van der Waals surface area contributed by atoms with Gasteiger partial charge >= 0.3 is 6.09 Å². The van der Waals surface area contributed by atoms with Gasteiger partial charge in [-0.1, -0.05) is 0 Å². The highest BCUT2D eigenvalue weighted by Gasteiger charge is 2.43. The van der Waals surface area contributed by atoms with Crippen molar-refractivity contribution in [2.24, 2.45) is 11.3 Å². The van der Waals surface area contributed by atoms with Crippen LogP contribution < -0.4 is 0 Å². The molecule has 116 valence electrons. The number of Topliss-reactive ketones (excluding diaryl/α,β-unsaturated/α-hetero) is 1. The summed E-state index contributed by atoms with van der Waals surface area (Å²) in [6.07, 6.45) is 3.47. The highest BCUT2D eigenvalue weighted by Crippen LogP contribution is 2.45. The van der Waals surface area contributed by atoms with Gasteiger partial charge in [0.1, 0.15) is 17.3 Å². The fraction of sp³-hybridized carbons (Fsp3) is 0.812. The molecule has 1 saturated heterocycles. The van der Waals surface area contributed by atoms with Crippen molar-refractivity contribution >= 4 is 11.9 Å². The number of hydrogen-bond acceptors (Lipinski definition) is 4. The quantitative estimate of drug-likeness (QED) is 0.688. The van der Waals surface area contributed by atoms with Gasteiger partial charge in [-0.15, -0.1) is 0 Å². The molecule has 1 unspecified atom stereocenters. The summed E-state index contributed by atoms with van der Waals surface area (Å²) >= 11 is 0. The third kappa shape index (κ3) is 3.75. The molecule has 1 aliphatic carbocycles. The minimum atomic E-state index is -0.477. The summed E-state index contributed by atoms with van der Waals surface area (Å²) in [6, 6.07) is 2.14. The summed E-state index contributed by atoms with van der Waals surface area (Å²) in [6.45, 7) is 6.89. The van der Waals surface area contributed by atoms with Gasteiger partial charge in [0.2, 0.25) is 0 Å². The maximum absolute atomic E-state index is 12.1. The lowest BCUT2D eigenvalue weighted by Gasteiger charge is -2.44. The molecule has 0 aromatic rings. The van der Waals surface area contributed by atoms with Crippen molar-refractivity contribution in [1.29, 1.82) is 5.26 Å². The van der Waals surface area contributed by atoms with E-state index in [1.807, 2.05) is 20.8 Å². The van der Waals surface area contributed by atoms with Crippen molar-refractivity contribution < 1.29 is 14.3 Å². The summed E-state index contributed by atoms with van der Waals surface area (Å²) in [7, 11) is 0. The molecule has 1 heterocycles. The summed E-state index contributed by atoms with van der Waals surface area (Å²) in [5.41, 5.74) is -0.414. The average Bonchev–Trinajstić information content (AvgIpc) is 2.40. The minimum Gasteiger partial charge on any atom is -0.444 e. The first-order chi connectivity index (χ1) is 9.75. The van der Waals surface area contributed by atoms with E-state index in [1.54, 1.807) is 4.90 Å². The van der Waals surface area contributed by atoms with Gasteiger partial charge in [-0.25, -0.2) is 4.79 Å². The molecule has 2 rings (SSSR count). The molecular formula is C16H24N2O3. The van der Waals surface area contributed by atoms with E-state index in [0.717, 1.165) is 19.3 Å². The normalized spacial score (nSPS) is 25.5. The summed E-state index contributed by atoms with van der Waals surface area (Å²) in [4.78, 5) is 25.5. The first-order valence-electron chi connectivity index (χ1n) is 7.65. The highest BCUT2D eigenvalue weighted by molar-refractivity contribution is 5.84. The number of likely N-dealkylation sites (tertiary alicyclic amines) is 1. The third-order valence-corrected chi connectivity index (χ3v) is 4.56. The maximum Gasteiger partial charge on any atom is 0.410 e. The van der Waals surface area contributed by atoms with E-state index in [0.29, 0.717) is 25.9 Å². The molecule has 1 atom stereocenters. The zero-order valence-electron chi connectivity index (χ0n) is 13.1. The topological polar surface area (TPSA) is 70.4 Å². The van der Waals surface area contributed by atoms with Gasteiger partial charge in [0.25, 0.3) is 0 Å². The lowest BCUT2D eigenvalue weighted by molar-refractivity contribution is -0.126. The molecular weight excluding hydrogens is 268 g/mol. The van der Waals surface area contributed by atoms with Crippen LogP contribution in [0.1, 0.15) is 52.9 Å². The van der Waals surface area contributed by atoms with E-state index in [1.165, 1.54) is 0 Å². The Balaban J connectivity index is 1.93. The van der Waals surface area contributed by atoms with Crippen LogP contribution in [0.2, 0.25) is 0 Å². The lowest BCUT2D eigenvalue weighted by Crippen LogP contribution is -2.47. The van der Waals surface area contributed by atoms with E-state index in [9.17, 15) is 9.59 Å². The fourth-order valence-corrected chi connectivity index (χ4v) is 3.27. The molecule has 1 spiro atoms. The largest absolute Gasteiger partial charge is 0.444 e. The monoisotopic (exact) mass is 292 g/mol. The number of carbonyl (C=O) groups is 2. The van der Waals surface area contributed by atoms with Crippen molar-refractivity contribution in [1.82, 2.24) is 4.90 Å². The van der Waals surface area contributed by atoms with Crippen molar-refractivity contribution in [3.05, 3.63) is 0 Å². The maximum atomic E-state index is 12.1. The van der Waals surface area contributed by atoms with Crippen LogP contribution in [0.25, 0.3) is 0 Å². The van der Waals surface area contributed by atoms with Gasteiger partial charge in [0.05, 0.1) is 6.07 Å². The van der Waals surface area contributed by atoms with Crippen molar-refractivity contribution in [3.63, 3.8) is 0 Å². The van der Waals surface area contributed by atoms with Gasteiger partial charge in [-0.05, 0) is 51.9 Å². The van der Waals surface area contributed by atoms with Gasteiger partial charge in [0, 0.05) is 19.5 Å². The molecule has 2 aliphatic rings. The third-order valence-electron chi connectivity index (χ3n) is 4.56. The molecule has 1 saturated carbocycles. The van der Waals surface area contributed by atoms with Crippen LogP contribution in [0.15, 0.2) is 0 Å². The number of nitrogens with zero attached hydrogens (tertiary/aromatic N) is 2. The van der Waals surface area contributed by atoms with Gasteiger partial charge in [0.15, 0.2) is 0 Å². The molecule has 21 heavy (non-hydrogen) atoms. The van der Waals surface area contributed by atoms with E-state index in [4.69, 9.17) is 10.00 Å². The summed E-state index contributed by atoms with van der Waals surface area (Å²) in [5, 5.41) is 9.09. The predicted molar refractivity (Wildman–Crippen MR) is 77.4 cm³/mol. The molecule has 5 heteroatoms. The Kier molecular flexibility index (Phi) is 4.27.